The number of aromatic nitrogens is 3. The van der Waals surface area contributed by atoms with Gasteiger partial charge in [-0.3, -0.25) is 9.59 Å². The maximum absolute atomic E-state index is 12.6. The molecule has 2 amide bonds. The standard InChI is InChI=1S/C19H25N5O2S/c25-17(12-20-19(26)15-7-5-11-27-15)23-9-4-6-14(13-23)18-22-21-16-8-2-1-3-10-24(16)18/h5,7,11,14H,1-4,6,8-10,12-13H2,(H,20,26)/t14-/m1/s1. The normalized spacial score (nSPS) is 20.0. The first-order valence-corrected chi connectivity index (χ1v) is 10.6. The van der Waals surface area contributed by atoms with Gasteiger partial charge >= 0.3 is 0 Å². The minimum absolute atomic E-state index is 0.0276. The number of hydrogen-bond donors (Lipinski definition) is 1. The average Bonchev–Trinajstić information content (AvgIpc) is 3.32. The van der Waals surface area contributed by atoms with Gasteiger partial charge in [-0.25, -0.2) is 0 Å². The van der Waals surface area contributed by atoms with Crippen LogP contribution in [0.4, 0.5) is 0 Å². The largest absolute Gasteiger partial charge is 0.342 e. The molecular formula is C19H25N5O2S. The zero-order valence-corrected chi connectivity index (χ0v) is 16.2. The lowest BCUT2D eigenvalue weighted by molar-refractivity contribution is -0.131. The van der Waals surface area contributed by atoms with Crippen molar-refractivity contribution in [3.63, 3.8) is 0 Å². The van der Waals surface area contributed by atoms with Crippen LogP contribution in [-0.2, 0) is 17.8 Å². The Balaban J connectivity index is 1.37. The summed E-state index contributed by atoms with van der Waals surface area (Å²) >= 11 is 1.38. The van der Waals surface area contributed by atoms with Crippen LogP contribution in [0.15, 0.2) is 17.5 Å². The summed E-state index contributed by atoms with van der Waals surface area (Å²) in [7, 11) is 0. The number of nitrogens with zero attached hydrogens (tertiary/aromatic N) is 4. The van der Waals surface area contributed by atoms with Crippen LogP contribution >= 0.6 is 11.3 Å². The van der Waals surface area contributed by atoms with Gasteiger partial charge in [0.2, 0.25) is 5.91 Å². The molecule has 27 heavy (non-hydrogen) atoms. The molecule has 0 aliphatic carbocycles. The second kappa shape index (κ2) is 8.21. The maximum Gasteiger partial charge on any atom is 0.261 e. The number of hydrogen-bond acceptors (Lipinski definition) is 5. The number of nitrogens with one attached hydrogen (secondary N) is 1. The highest BCUT2D eigenvalue weighted by atomic mass is 32.1. The zero-order chi connectivity index (χ0) is 18.6. The summed E-state index contributed by atoms with van der Waals surface area (Å²) in [5.74, 6) is 2.14. The quantitative estimate of drug-likeness (QED) is 0.872. The molecule has 0 unspecified atom stereocenters. The summed E-state index contributed by atoms with van der Waals surface area (Å²) in [6, 6.07) is 3.59. The van der Waals surface area contributed by atoms with E-state index in [2.05, 4.69) is 20.1 Å². The van der Waals surface area contributed by atoms with Crippen LogP contribution in [0.3, 0.4) is 0 Å². The molecule has 0 saturated carbocycles. The van der Waals surface area contributed by atoms with E-state index in [1.165, 1.54) is 30.6 Å². The number of rotatable bonds is 4. The molecule has 7 nitrogen and oxygen atoms in total. The van der Waals surface area contributed by atoms with E-state index in [-0.39, 0.29) is 24.3 Å². The fraction of sp³-hybridized carbons (Fsp3) is 0.579. The summed E-state index contributed by atoms with van der Waals surface area (Å²) in [4.78, 5) is 27.1. The number of thiophene rings is 1. The zero-order valence-electron chi connectivity index (χ0n) is 15.4. The van der Waals surface area contributed by atoms with Crippen molar-refractivity contribution in [1.29, 1.82) is 0 Å². The Bertz CT molecular complexity index is 801. The Kier molecular flexibility index (Phi) is 5.52. The number of carbonyl (C=O) groups is 2. The van der Waals surface area contributed by atoms with Crippen LogP contribution in [0.25, 0.3) is 0 Å². The molecule has 0 bridgehead atoms. The van der Waals surface area contributed by atoms with E-state index in [9.17, 15) is 9.59 Å². The van der Waals surface area contributed by atoms with Crippen molar-refractivity contribution in [2.45, 2.75) is 51.0 Å². The molecule has 2 aliphatic heterocycles. The Labute approximate surface area is 162 Å². The van der Waals surface area contributed by atoms with Gasteiger partial charge in [-0.1, -0.05) is 12.5 Å². The van der Waals surface area contributed by atoms with Gasteiger partial charge in [0.05, 0.1) is 11.4 Å². The van der Waals surface area contributed by atoms with Gasteiger partial charge < -0.3 is 14.8 Å². The van der Waals surface area contributed by atoms with Crippen molar-refractivity contribution in [2.24, 2.45) is 0 Å². The third-order valence-corrected chi connectivity index (χ3v) is 6.29. The number of aryl methyl sites for hydroxylation is 1. The van der Waals surface area contributed by atoms with Gasteiger partial charge in [0, 0.05) is 32.0 Å². The van der Waals surface area contributed by atoms with E-state index >= 15 is 0 Å². The van der Waals surface area contributed by atoms with Crippen LogP contribution in [-0.4, -0.2) is 51.1 Å². The molecule has 2 aromatic heterocycles. The molecule has 0 radical (unpaired) electrons. The average molecular weight is 388 g/mol. The van der Waals surface area contributed by atoms with Crippen molar-refractivity contribution >= 4 is 23.2 Å². The molecule has 2 aromatic rings. The van der Waals surface area contributed by atoms with Crippen molar-refractivity contribution in [3.8, 4) is 0 Å². The molecule has 0 aromatic carbocycles. The third-order valence-electron chi connectivity index (χ3n) is 5.42. The maximum atomic E-state index is 12.6. The van der Waals surface area contributed by atoms with Crippen LogP contribution in [0.1, 0.15) is 59.3 Å². The fourth-order valence-corrected chi connectivity index (χ4v) is 4.63. The van der Waals surface area contributed by atoms with Crippen LogP contribution in [0.2, 0.25) is 0 Å². The summed E-state index contributed by atoms with van der Waals surface area (Å²) in [6.07, 6.45) is 6.57. The Morgan fingerprint density at radius 2 is 2.11 bits per heavy atom. The highest BCUT2D eigenvalue weighted by molar-refractivity contribution is 7.12. The Hall–Kier alpha value is -2.22. The van der Waals surface area contributed by atoms with Gasteiger partial charge in [-0.05, 0) is 37.1 Å². The van der Waals surface area contributed by atoms with E-state index in [0.29, 0.717) is 11.4 Å². The number of carbonyl (C=O) groups excluding carboxylic acids is 2. The van der Waals surface area contributed by atoms with Crippen molar-refractivity contribution in [1.82, 2.24) is 25.0 Å². The summed E-state index contributed by atoms with van der Waals surface area (Å²) in [5.41, 5.74) is 0. The van der Waals surface area contributed by atoms with E-state index in [0.717, 1.165) is 44.0 Å². The van der Waals surface area contributed by atoms with Crippen molar-refractivity contribution in [2.75, 3.05) is 19.6 Å². The predicted molar refractivity (Wildman–Crippen MR) is 103 cm³/mol. The lowest BCUT2D eigenvalue weighted by Crippen LogP contribution is -2.44. The molecule has 4 heterocycles. The SMILES string of the molecule is O=C(NCC(=O)N1CCC[C@@H](c2nnc3n2CCCCC3)C1)c1cccs1. The first kappa shape index (κ1) is 18.2. The van der Waals surface area contributed by atoms with Gasteiger partial charge in [-0.2, -0.15) is 0 Å². The van der Waals surface area contributed by atoms with E-state index < -0.39 is 0 Å². The molecule has 4 rings (SSSR count). The molecule has 1 atom stereocenters. The first-order valence-electron chi connectivity index (χ1n) is 9.74. The first-order chi connectivity index (χ1) is 13.2. The van der Waals surface area contributed by atoms with E-state index in [4.69, 9.17) is 0 Å². The Morgan fingerprint density at radius 1 is 1.19 bits per heavy atom. The Morgan fingerprint density at radius 3 is 2.96 bits per heavy atom. The monoisotopic (exact) mass is 387 g/mol. The molecule has 0 spiro atoms. The molecule has 1 saturated heterocycles. The smallest absolute Gasteiger partial charge is 0.261 e. The third kappa shape index (κ3) is 4.05. The van der Waals surface area contributed by atoms with E-state index in [1.807, 2.05) is 16.3 Å². The summed E-state index contributed by atoms with van der Waals surface area (Å²) in [6.45, 7) is 2.43. The second-order valence-electron chi connectivity index (χ2n) is 7.28. The summed E-state index contributed by atoms with van der Waals surface area (Å²) in [5, 5.41) is 13.5. The fourth-order valence-electron chi connectivity index (χ4n) is 3.99. The lowest BCUT2D eigenvalue weighted by Gasteiger charge is -2.32. The lowest BCUT2D eigenvalue weighted by atomic mass is 9.97. The molecule has 8 heteroatoms. The van der Waals surface area contributed by atoms with Crippen LogP contribution in [0, 0.1) is 0 Å². The highest BCUT2D eigenvalue weighted by Crippen LogP contribution is 2.28. The number of amides is 2. The number of likely N-dealkylation sites (tertiary alicyclic amines) is 1. The molecular weight excluding hydrogens is 362 g/mol. The predicted octanol–water partition coefficient (Wildman–Crippen LogP) is 2.20. The number of piperidine rings is 1. The second-order valence-corrected chi connectivity index (χ2v) is 8.22. The molecule has 2 aliphatic rings. The van der Waals surface area contributed by atoms with Crippen LogP contribution < -0.4 is 5.32 Å². The van der Waals surface area contributed by atoms with Gasteiger partial charge in [0.25, 0.3) is 5.91 Å². The molecule has 144 valence electrons. The van der Waals surface area contributed by atoms with Crippen molar-refractivity contribution < 1.29 is 9.59 Å². The van der Waals surface area contributed by atoms with Gasteiger partial charge in [-0.15, -0.1) is 21.5 Å². The minimum Gasteiger partial charge on any atom is -0.342 e. The van der Waals surface area contributed by atoms with Gasteiger partial charge in [0.15, 0.2) is 0 Å². The summed E-state index contributed by atoms with van der Waals surface area (Å²) < 4.78 is 2.28. The highest BCUT2D eigenvalue weighted by Gasteiger charge is 2.29. The number of fused-ring (bicyclic) bond motifs is 1. The van der Waals surface area contributed by atoms with E-state index in [1.54, 1.807) is 6.07 Å². The van der Waals surface area contributed by atoms with Gasteiger partial charge in [0.1, 0.15) is 11.6 Å². The molecule has 1 fully saturated rings. The minimum atomic E-state index is -0.185. The molecule has 1 N–H and O–H groups in total. The topological polar surface area (TPSA) is 80.1 Å². The van der Waals surface area contributed by atoms with Crippen molar-refractivity contribution in [3.05, 3.63) is 34.0 Å². The van der Waals surface area contributed by atoms with Crippen LogP contribution in [0.5, 0.6) is 0 Å².